The predicted molar refractivity (Wildman–Crippen MR) is 97.4 cm³/mol. The molecular formula is C20H16N2OS. The molecular weight excluding hydrogens is 316 g/mol. The Morgan fingerprint density at radius 2 is 1.54 bits per heavy atom. The summed E-state index contributed by atoms with van der Waals surface area (Å²) in [4.78, 5) is 13.7. The molecule has 0 aliphatic rings. The fraction of sp³-hybridized carbons (Fsp3) is 0.150. The van der Waals surface area contributed by atoms with Crippen LogP contribution in [0.4, 0.5) is 0 Å². The molecule has 0 aliphatic carbocycles. The molecule has 0 bridgehead atoms. The van der Waals surface area contributed by atoms with E-state index in [1.807, 2.05) is 68.5 Å². The highest BCUT2D eigenvalue weighted by atomic mass is 32.2. The van der Waals surface area contributed by atoms with Gasteiger partial charge in [0.15, 0.2) is 5.43 Å². The van der Waals surface area contributed by atoms with E-state index in [1.54, 1.807) is 6.92 Å². The third-order valence-corrected chi connectivity index (χ3v) is 4.86. The molecule has 118 valence electrons. The predicted octanol–water partition coefficient (Wildman–Crippen LogP) is 4.52. The number of nitrogens with zero attached hydrogens (tertiary/aromatic N) is 2. The Labute approximate surface area is 145 Å². The number of hydrogen-bond acceptors (Lipinski definition) is 4. The first-order valence-electron chi connectivity index (χ1n) is 7.37. The van der Waals surface area contributed by atoms with Gasteiger partial charge in [0, 0.05) is 4.91 Å². The summed E-state index contributed by atoms with van der Waals surface area (Å²) in [5.74, 6) is 0. The Hall–Kier alpha value is -2.82. The smallest absolute Gasteiger partial charge is 0.195 e. The molecule has 0 heterocycles. The first-order valence-corrected chi connectivity index (χ1v) is 8.19. The monoisotopic (exact) mass is 332 g/mol. The second kappa shape index (κ2) is 7.64. The Bertz CT molecular complexity index is 932. The van der Waals surface area contributed by atoms with Crippen molar-refractivity contribution in [2.45, 2.75) is 25.7 Å². The normalized spacial score (nSPS) is 9.71. The van der Waals surface area contributed by atoms with E-state index >= 15 is 0 Å². The second-order valence-electron chi connectivity index (χ2n) is 5.45. The van der Waals surface area contributed by atoms with Crippen molar-refractivity contribution < 1.29 is 0 Å². The highest BCUT2D eigenvalue weighted by Crippen LogP contribution is 2.36. The van der Waals surface area contributed by atoms with Crippen LogP contribution < -0.4 is 5.43 Å². The van der Waals surface area contributed by atoms with Crippen LogP contribution in [0.2, 0.25) is 0 Å². The van der Waals surface area contributed by atoms with E-state index in [4.69, 9.17) is 0 Å². The molecule has 4 heteroatoms. The van der Waals surface area contributed by atoms with Gasteiger partial charge in [-0.1, -0.05) is 59.8 Å². The van der Waals surface area contributed by atoms with E-state index < -0.39 is 0 Å². The lowest BCUT2D eigenvalue weighted by Gasteiger charge is -2.08. The maximum absolute atomic E-state index is 12.7. The van der Waals surface area contributed by atoms with Crippen molar-refractivity contribution in [2.75, 3.05) is 0 Å². The number of nitriles is 2. The van der Waals surface area contributed by atoms with Gasteiger partial charge in [0.05, 0.1) is 4.90 Å². The van der Waals surface area contributed by atoms with Crippen molar-refractivity contribution in [3.63, 3.8) is 0 Å². The summed E-state index contributed by atoms with van der Waals surface area (Å²) in [6, 6.07) is 16.9. The van der Waals surface area contributed by atoms with Gasteiger partial charge < -0.3 is 0 Å². The van der Waals surface area contributed by atoms with Gasteiger partial charge in [-0.05, 0) is 37.5 Å². The molecule has 0 fully saturated rings. The molecule has 2 rings (SSSR count). The van der Waals surface area contributed by atoms with Crippen LogP contribution in [0.5, 0.6) is 0 Å². The van der Waals surface area contributed by atoms with Gasteiger partial charge in [-0.15, -0.1) is 0 Å². The van der Waals surface area contributed by atoms with Crippen molar-refractivity contribution >= 4 is 16.7 Å². The van der Waals surface area contributed by atoms with Gasteiger partial charge in [0.2, 0.25) is 0 Å². The summed E-state index contributed by atoms with van der Waals surface area (Å²) >= 11 is 1.19. The molecule has 3 nitrogen and oxygen atoms in total. The second-order valence-corrected chi connectivity index (χ2v) is 6.47. The lowest BCUT2D eigenvalue weighted by atomic mass is 10.1. The lowest BCUT2D eigenvalue weighted by molar-refractivity contribution is 1.25. The van der Waals surface area contributed by atoms with Crippen molar-refractivity contribution in [3.05, 3.63) is 80.5 Å². The summed E-state index contributed by atoms with van der Waals surface area (Å²) in [5, 5.41) is 18.6. The van der Waals surface area contributed by atoms with Crippen LogP contribution in [0.3, 0.4) is 0 Å². The number of rotatable bonds is 3. The highest BCUT2D eigenvalue weighted by Gasteiger charge is 2.15. The summed E-state index contributed by atoms with van der Waals surface area (Å²) in [5.41, 5.74) is 3.16. The fourth-order valence-corrected chi connectivity index (χ4v) is 3.54. The zero-order valence-corrected chi connectivity index (χ0v) is 14.6. The lowest BCUT2D eigenvalue weighted by Crippen LogP contribution is -2.05. The molecule has 0 unspecified atom stereocenters. The zero-order valence-electron chi connectivity index (χ0n) is 13.8. The van der Waals surface area contributed by atoms with Crippen molar-refractivity contribution in [1.29, 1.82) is 10.5 Å². The summed E-state index contributed by atoms with van der Waals surface area (Å²) in [6.45, 7) is 5.59. The number of benzene rings is 1. The maximum Gasteiger partial charge on any atom is 0.195 e. The topological polar surface area (TPSA) is 64.7 Å². The minimum absolute atomic E-state index is 0.00545. The molecule has 24 heavy (non-hydrogen) atoms. The molecule has 0 aromatic heterocycles. The van der Waals surface area contributed by atoms with Crippen LogP contribution in [0.25, 0.3) is 4.91 Å². The summed E-state index contributed by atoms with van der Waals surface area (Å²) in [6.07, 6.45) is 0. The summed E-state index contributed by atoms with van der Waals surface area (Å²) in [7, 11) is 0. The van der Waals surface area contributed by atoms with E-state index in [2.05, 4.69) is 0 Å². The molecule has 0 spiro atoms. The highest BCUT2D eigenvalue weighted by molar-refractivity contribution is 8.08. The quantitative estimate of drug-likeness (QED) is 0.612. The van der Waals surface area contributed by atoms with E-state index in [0.29, 0.717) is 15.4 Å². The maximum atomic E-state index is 12.7. The van der Waals surface area contributed by atoms with Gasteiger partial charge in [-0.2, -0.15) is 10.5 Å². The molecule has 0 radical (unpaired) electrons. The van der Waals surface area contributed by atoms with Crippen LogP contribution in [-0.4, -0.2) is 0 Å². The van der Waals surface area contributed by atoms with Crippen molar-refractivity contribution in [1.82, 2.24) is 0 Å². The van der Waals surface area contributed by atoms with Crippen LogP contribution in [-0.2, 0) is 0 Å². The fourth-order valence-electron chi connectivity index (χ4n) is 2.41. The van der Waals surface area contributed by atoms with E-state index in [1.165, 1.54) is 11.8 Å². The first kappa shape index (κ1) is 17.5. The molecule has 2 aromatic carbocycles. The Balaban J connectivity index is 2.72. The van der Waals surface area contributed by atoms with Gasteiger partial charge in [0.25, 0.3) is 0 Å². The molecule has 0 saturated carbocycles. The minimum atomic E-state index is -0.0748. The minimum Gasteiger partial charge on any atom is -0.288 e. The largest absolute Gasteiger partial charge is 0.288 e. The molecule has 0 aliphatic heterocycles. The SMILES string of the molecule is Cc1cc(C)c(SC(=C(C#N)C#N)c2ccccc2)c(=O)c(C)c1. The number of thioether (sulfide) groups is 1. The summed E-state index contributed by atoms with van der Waals surface area (Å²) < 4.78 is 0. The molecule has 0 amide bonds. The number of aryl methyl sites for hydroxylation is 3. The van der Waals surface area contributed by atoms with Crippen LogP contribution in [0.1, 0.15) is 22.3 Å². The van der Waals surface area contributed by atoms with E-state index in [0.717, 1.165) is 16.7 Å². The van der Waals surface area contributed by atoms with Crippen molar-refractivity contribution in [3.8, 4) is 12.1 Å². The van der Waals surface area contributed by atoms with E-state index in [9.17, 15) is 15.3 Å². The van der Waals surface area contributed by atoms with Gasteiger partial charge in [0.1, 0.15) is 17.7 Å². The van der Waals surface area contributed by atoms with Crippen molar-refractivity contribution in [2.24, 2.45) is 0 Å². The Morgan fingerprint density at radius 1 is 0.958 bits per heavy atom. The molecule has 0 N–H and O–H groups in total. The molecule has 0 atom stereocenters. The van der Waals surface area contributed by atoms with Gasteiger partial charge in [-0.25, -0.2) is 0 Å². The number of hydrogen-bond donors (Lipinski definition) is 0. The third kappa shape index (κ3) is 3.74. The van der Waals surface area contributed by atoms with Crippen LogP contribution in [0.15, 0.2) is 57.7 Å². The zero-order chi connectivity index (χ0) is 17.7. The van der Waals surface area contributed by atoms with E-state index in [-0.39, 0.29) is 11.0 Å². The third-order valence-electron chi connectivity index (χ3n) is 3.50. The average Bonchev–Trinajstić information content (AvgIpc) is 2.66. The first-order chi connectivity index (χ1) is 11.5. The van der Waals surface area contributed by atoms with Gasteiger partial charge >= 0.3 is 0 Å². The van der Waals surface area contributed by atoms with Crippen LogP contribution >= 0.6 is 11.8 Å². The average molecular weight is 332 g/mol. The molecule has 0 saturated heterocycles. The Morgan fingerprint density at radius 3 is 2.12 bits per heavy atom. The number of allylic oxidation sites excluding steroid dienone is 1. The van der Waals surface area contributed by atoms with Gasteiger partial charge in [-0.3, -0.25) is 4.79 Å². The molecule has 2 aromatic rings. The standard InChI is InChI=1S/C20H16N2OS/c1-13-9-14(2)18(23)19(15(3)10-13)24-20(17(11-21)12-22)16-7-5-4-6-8-16/h4-10H,1-3H3. The Kier molecular flexibility index (Phi) is 5.58. The van der Waals surface area contributed by atoms with Crippen LogP contribution in [0, 0.1) is 43.4 Å².